The molecule has 0 unspecified atom stereocenters. The SMILES string of the molecule is O=C(COc1ccc(Cl)cc1)N1CCN(Cc2coc(-c3ccc(F)c(F)c3)n2)CC1. The fourth-order valence-electron chi connectivity index (χ4n) is 3.29. The average Bonchev–Trinajstić information content (AvgIpc) is 3.24. The predicted molar refractivity (Wildman–Crippen MR) is 111 cm³/mol. The van der Waals surface area contributed by atoms with Crippen molar-refractivity contribution in [1.29, 1.82) is 0 Å². The molecule has 2 heterocycles. The zero-order valence-electron chi connectivity index (χ0n) is 16.6. The molecule has 1 aliphatic heterocycles. The van der Waals surface area contributed by atoms with Crippen LogP contribution in [0.1, 0.15) is 5.69 Å². The molecule has 1 aliphatic rings. The van der Waals surface area contributed by atoms with Crippen molar-refractivity contribution in [3.8, 4) is 17.2 Å². The molecule has 0 bridgehead atoms. The summed E-state index contributed by atoms with van der Waals surface area (Å²) in [7, 11) is 0. The molecular weight excluding hydrogens is 428 g/mol. The first-order valence-corrected chi connectivity index (χ1v) is 10.1. The second-order valence-corrected chi connectivity index (χ2v) is 7.61. The van der Waals surface area contributed by atoms with E-state index in [-0.39, 0.29) is 18.4 Å². The van der Waals surface area contributed by atoms with E-state index in [4.69, 9.17) is 20.8 Å². The summed E-state index contributed by atoms with van der Waals surface area (Å²) in [5, 5.41) is 0.610. The maximum absolute atomic E-state index is 13.4. The van der Waals surface area contributed by atoms with Crippen LogP contribution in [0.2, 0.25) is 5.02 Å². The van der Waals surface area contributed by atoms with E-state index in [1.165, 1.54) is 12.3 Å². The van der Waals surface area contributed by atoms with Crippen LogP contribution in [0.4, 0.5) is 8.78 Å². The number of aromatic nitrogens is 1. The first-order valence-electron chi connectivity index (χ1n) is 9.76. The van der Waals surface area contributed by atoms with E-state index in [2.05, 4.69) is 9.88 Å². The number of nitrogens with zero attached hydrogens (tertiary/aromatic N) is 3. The summed E-state index contributed by atoms with van der Waals surface area (Å²) >= 11 is 5.84. The summed E-state index contributed by atoms with van der Waals surface area (Å²) < 4.78 is 37.4. The van der Waals surface area contributed by atoms with Crippen molar-refractivity contribution < 1.29 is 22.7 Å². The number of hydrogen-bond donors (Lipinski definition) is 0. The summed E-state index contributed by atoms with van der Waals surface area (Å²) in [5.74, 6) is -1.10. The molecule has 1 saturated heterocycles. The van der Waals surface area contributed by atoms with Crippen LogP contribution < -0.4 is 4.74 Å². The van der Waals surface area contributed by atoms with Crippen molar-refractivity contribution in [1.82, 2.24) is 14.8 Å². The number of hydrogen-bond acceptors (Lipinski definition) is 5. The summed E-state index contributed by atoms with van der Waals surface area (Å²) in [5.41, 5.74) is 1.06. The summed E-state index contributed by atoms with van der Waals surface area (Å²) in [6.07, 6.45) is 1.51. The second kappa shape index (κ2) is 9.45. The molecule has 1 fully saturated rings. The Hall–Kier alpha value is -2.97. The summed E-state index contributed by atoms with van der Waals surface area (Å²) in [6.45, 7) is 3.03. The molecule has 4 rings (SSSR count). The van der Waals surface area contributed by atoms with Crippen molar-refractivity contribution in [2.45, 2.75) is 6.54 Å². The van der Waals surface area contributed by atoms with Crippen molar-refractivity contribution >= 4 is 17.5 Å². The molecule has 0 saturated carbocycles. The third-order valence-corrected chi connectivity index (χ3v) is 5.26. The van der Waals surface area contributed by atoms with Crippen LogP contribution in [0.5, 0.6) is 5.75 Å². The van der Waals surface area contributed by atoms with Gasteiger partial charge in [-0.05, 0) is 42.5 Å². The van der Waals surface area contributed by atoms with Gasteiger partial charge in [0.15, 0.2) is 18.2 Å². The first kappa shape index (κ1) is 21.3. The van der Waals surface area contributed by atoms with Gasteiger partial charge in [0.25, 0.3) is 5.91 Å². The van der Waals surface area contributed by atoms with Crippen LogP contribution in [0, 0.1) is 11.6 Å². The zero-order chi connectivity index (χ0) is 21.8. The third-order valence-electron chi connectivity index (χ3n) is 5.00. The lowest BCUT2D eigenvalue weighted by Crippen LogP contribution is -2.49. The molecule has 1 aromatic heterocycles. The van der Waals surface area contributed by atoms with Crippen LogP contribution in [0.15, 0.2) is 53.1 Å². The molecule has 0 aliphatic carbocycles. The number of piperazine rings is 1. The van der Waals surface area contributed by atoms with E-state index in [1.54, 1.807) is 29.2 Å². The minimum Gasteiger partial charge on any atom is -0.484 e. The second-order valence-electron chi connectivity index (χ2n) is 7.17. The quantitative estimate of drug-likeness (QED) is 0.571. The highest BCUT2D eigenvalue weighted by Crippen LogP contribution is 2.22. The molecule has 0 spiro atoms. The van der Waals surface area contributed by atoms with Crippen molar-refractivity contribution in [2.75, 3.05) is 32.8 Å². The summed E-state index contributed by atoms with van der Waals surface area (Å²) in [4.78, 5) is 20.7. The summed E-state index contributed by atoms with van der Waals surface area (Å²) in [6, 6.07) is 10.4. The Bertz CT molecular complexity index is 1050. The van der Waals surface area contributed by atoms with E-state index in [0.717, 1.165) is 12.1 Å². The number of carbonyl (C=O) groups is 1. The van der Waals surface area contributed by atoms with Crippen LogP contribution in [0.25, 0.3) is 11.5 Å². The molecule has 1 amide bonds. The number of ether oxygens (including phenoxy) is 1. The molecule has 6 nitrogen and oxygen atoms in total. The van der Waals surface area contributed by atoms with Gasteiger partial charge in [-0.15, -0.1) is 0 Å². The molecule has 0 radical (unpaired) electrons. The van der Waals surface area contributed by atoms with Crippen molar-refractivity contribution in [3.63, 3.8) is 0 Å². The largest absolute Gasteiger partial charge is 0.484 e. The standard InChI is InChI=1S/C22H20ClF2N3O3/c23-16-2-4-18(5-3-16)30-14-21(29)28-9-7-27(8-10-28)12-17-13-31-22(26-17)15-1-6-19(24)20(25)11-15/h1-6,11,13H,7-10,12,14H2. The fourth-order valence-corrected chi connectivity index (χ4v) is 3.42. The Balaban J connectivity index is 1.25. The van der Waals surface area contributed by atoms with Crippen LogP contribution in [-0.2, 0) is 11.3 Å². The van der Waals surface area contributed by atoms with Crippen LogP contribution >= 0.6 is 11.6 Å². The minimum atomic E-state index is -0.946. The Morgan fingerprint density at radius 3 is 2.52 bits per heavy atom. The van der Waals surface area contributed by atoms with Gasteiger partial charge in [-0.2, -0.15) is 0 Å². The van der Waals surface area contributed by atoms with Crippen molar-refractivity contribution in [2.24, 2.45) is 0 Å². The van der Waals surface area contributed by atoms with Crippen molar-refractivity contribution in [3.05, 3.63) is 71.1 Å². The predicted octanol–water partition coefficient (Wildman–Crippen LogP) is 4.00. The molecule has 31 heavy (non-hydrogen) atoms. The van der Waals surface area contributed by atoms with E-state index < -0.39 is 11.6 Å². The van der Waals surface area contributed by atoms with E-state index in [0.29, 0.717) is 54.8 Å². The van der Waals surface area contributed by atoms with Gasteiger partial charge in [0.2, 0.25) is 5.89 Å². The number of rotatable bonds is 6. The highest BCUT2D eigenvalue weighted by atomic mass is 35.5. The third kappa shape index (κ3) is 5.39. The van der Waals surface area contributed by atoms with Crippen LogP contribution in [-0.4, -0.2) is 53.5 Å². The molecule has 2 aromatic carbocycles. The first-order chi connectivity index (χ1) is 15.0. The number of halogens is 3. The number of oxazole rings is 1. The highest BCUT2D eigenvalue weighted by molar-refractivity contribution is 6.30. The lowest BCUT2D eigenvalue weighted by Gasteiger charge is -2.34. The lowest BCUT2D eigenvalue weighted by atomic mass is 10.2. The van der Waals surface area contributed by atoms with Gasteiger partial charge in [0, 0.05) is 43.3 Å². The maximum Gasteiger partial charge on any atom is 0.260 e. The molecular formula is C22H20ClF2N3O3. The topological polar surface area (TPSA) is 58.8 Å². The number of amides is 1. The Labute approximate surface area is 183 Å². The van der Waals surface area contributed by atoms with Gasteiger partial charge >= 0.3 is 0 Å². The molecule has 0 atom stereocenters. The molecule has 162 valence electrons. The van der Waals surface area contributed by atoms with Gasteiger partial charge < -0.3 is 14.1 Å². The smallest absolute Gasteiger partial charge is 0.260 e. The van der Waals surface area contributed by atoms with E-state index in [1.807, 2.05) is 0 Å². The van der Waals surface area contributed by atoms with Gasteiger partial charge in [0.1, 0.15) is 12.0 Å². The molecule has 0 N–H and O–H groups in total. The average molecular weight is 448 g/mol. The number of carbonyl (C=O) groups excluding carboxylic acids is 1. The Morgan fingerprint density at radius 1 is 1.06 bits per heavy atom. The minimum absolute atomic E-state index is 0.0253. The fraction of sp³-hybridized carbons (Fsp3) is 0.273. The monoisotopic (exact) mass is 447 g/mol. The van der Waals surface area contributed by atoms with Gasteiger partial charge in [-0.25, -0.2) is 13.8 Å². The zero-order valence-corrected chi connectivity index (χ0v) is 17.3. The van der Waals surface area contributed by atoms with Crippen LogP contribution in [0.3, 0.4) is 0 Å². The van der Waals surface area contributed by atoms with Gasteiger partial charge in [0.05, 0.1) is 5.69 Å². The maximum atomic E-state index is 13.4. The van der Waals surface area contributed by atoms with E-state index in [9.17, 15) is 13.6 Å². The Morgan fingerprint density at radius 2 is 1.81 bits per heavy atom. The van der Waals surface area contributed by atoms with Gasteiger partial charge in [-0.1, -0.05) is 11.6 Å². The molecule has 3 aromatic rings. The lowest BCUT2D eigenvalue weighted by molar-refractivity contribution is -0.135. The molecule has 9 heteroatoms. The highest BCUT2D eigenvalue weighted by Gasteiger charge is 2.22. The number of benzene rings is 2. The van der Waals surface area contributed by atoms with E-state index >= 15 is 0 Å². The normalized spacial score (nSPS) is 14.6. The van der Waals surface area contributed by atoms with Gasteiger partial charge in [-0.3, -0.25) is 9.69 Å². The Kier molecular flexibility index (Phi) is 6.48.